The lowest BCUT2D eigenvalue weighted by molar-refractivity contribution is 0.0949. The molecule has 1 aromatic carbocycles. The first kappa shape index (κ1) is 17.6. The van der Waals surface area contributed by atoms with Gasteiger partial charge < -0.3 is 14.8 Å². The first-order chi connectivity index (χ1) is 12.5. The van der Waals surface area contributed by atoms with Crippen molar-refractivity contribution in [3.63, 3.8) is 0 Å². The van der Waals surface area contributed by atoms with Gasteiger partial charge in [0.05, 0.1) is 5.56 Å². The second-order valence-electron chi connectivity index (χ2n) is 5.86. The third-order valence-corrected chi connectivity index (χ3v) is 3.91. The SMILES string of the molecule is CCCNC(=O)c1cc(C(=O)c2c(-c3cccc(F)c3)noc2C)c[nH]1. The van der Waals surface area contributed by atoms with Gasteiger partial charge in [0.25, 0.3) is 5.91 Å². The van der Waals surface area contributed by atoms with Gasteiger partial charge in [-0.05, 0) is 31.5 Å². The predicted octanol–water partition coefficient (Wildman–Crippen LogP) is 3.49. The molecule has 0 radical (unpaired) electrons. The Kier molecular flexibility index (Phi) is 4.97. The molecule has 3 rings (SSSR count). The molecule has 1 amide bonds. The molecule has 3 aromatic rings. The average molecular weight is 355 g/mol. The van der Waals surface area contributed by atoms with E-state index in [2.05, 4.69) is 15.5 Å². The first-order valence-corrected chi connectivity index (χ1v) is 8.24. The zero-order valence-corrected chi connectivity index (χ0v) is 14.4. The normalized spacial score (nSPS) is 10.7. The highest BCUT2D eigenvalue weighted by molar-refractivity contribution is 6.13. The lowest BCUT2D eigenvalue weighted by Crippen LogP contribution is -2.24. The van der Waals surface area contributed by atoms with Gasteiger partial charge in [-0.1, -0.05) is 24.2 Å². The van der Waals surface area contributed by atoms with Crippen LogP contribution in [-0.2, 0) is 0 Å². The van der Waals surface area contributed by atoms with Crippen LogP contribution < -0.4 is 5.32 Å². The van der Waals surface area contributed by atoms with Gasteiger partial charge in [0.2, 0.25) is 0 Å². The van der Waals surface area contributed by atoms with Crippen molar-refractivity contribution in [1.29, 1.82) is 0 Å². The van der Waals surface area contributed by atoms with Crippen LogP contribution in [0.5, 0.6) is 0 Å². The minimum absolute atomic E-state index is 0.245. The highest BCUT2D eigenvalue weighted by atomic mass is 19.1. The summed E-state index contributed by atoms with van der Waals surface area (Å²) in [4.78, 5) is 27.7. The maximum absolute atomic E-state index is 13.5. The van der Waals surface area contributed by atoms with Gasteiger partial charge in [0.15, 0.2) is 5.78 Å². The monoisotopic (exact) mass is 355 g/mol. The number of ketones is 1. The molecule has 0 fully saturated rings. The van der Waals surface area contributed by atoms with Crippen LogP contribution in [0.3, 0.4) is 0 Å². The van der Waals surface area contributed by atoms with Gasteiger partial charge in [0, 0.05) is 23.9 Å². The molecule has 0 unspecified atom stereocenters. The third kappa shape index (κ3) is 3.42. The molecule has 134 valence electrons. The number of aryl methyl sites for hydroxylation is 1. The highest BCUT2D eigenvalue weighted by Gasteiger charge is 2.24. The molecule has 26 heavy (non-hydrogen) atoms. The Morgan fingerprint density at radius 1 is 1.31 bits per heavy atom. The fourth-order valence-corrected chi connectivity index (χ4v) is 2.61. The van der Waals surface area contributed by atoms with E-state index in [0.717, 1.165) is 6.42 Å². The summed E-state index contributed by atoms with van der Waals surface area (Å²) >= 11 is 0. The molecule has 0 bridgehead atoms. The van der Waals surface area contributed by atoms with Gasteiger partial charge >= 0.3 is 0 Å². The number of H-pyrrole nitrogens is 1. The zero-order valence-electron chi connectivity index (χ0n) is 14.4. The predicted molar refractivity (Wildman–Crippen MR) is 93.5 cm³/mol. The molecular formula is C19H18FN3O3. The maximum Gasteiger partial charge on any atom is 0.267 e. The lowest BCUT2D eigenvalue weighted by Gasteiger charge is -2.01. The number of halogens is 1. The molecule has 0 aliphatic rings. The van der Waals surface area contributed by atoms with Crippen molar-refractivity contribution < 1.29 is 18.5 Å². The third-order valence-electron chi connectivity index (χ3n) is 3.91. The summed E-state index contributed by atoms with van der Waals surface area (Å²) in [6.45, 7) is 4.12. The van der Waals surface area contributed by atoms with Crippen LogP contribution in [0.2, 0.25) is 0 Å². The van der Waals surface area contributed by atoms with Crippen molar-refractivity contribution in [3.8, 4) is 11.3 Å². The van der Waals surface area contributed by atoms with Crippen LogP contribution in [0, 0.1) is 12.7 Å². The number of amides is 1. The van der Waals surface area contributed by atoms with Gasteiger partial charge in [0.1, 0.15) is 23.0 Å². The largest absolute Gasteiger partial charge is 0.360 e. The van der Waals surface area contributed by atoms with Crippen molar-refractivity contribution in [3.05, 3.63) is 64.9 Å². The number of aromatic nitrogens is 2. The molecule has 6 nitrogen and oxygen atoms in total. The van der Waals surface area contributed by atoms with Crippen molar-refractivity contribution in [2.75, 3.05) is 6.54 Å². The summed E-state index contributed by atoms with van der Waals surface area (Å²) in [5.41, 5.74) is 1.56. The average Bonchev–Trinajstić information content (AvgIpc) is 3.26. The zero-order chi connectivity index (χ0) is 18.7. The van der Waals surface area contributed by atoms with Crippen molar-refractivity contribution >= 4 is 11.7 Å². The van der Waals surface area contributed by atoms with Gasteiger partial charge in [-0.3, -0.25) is 9.59 Å². The van der Waals surface area contributed by atoms with Gasteiger partial charge in [-0.25, -0.2) is 4.39 Å². The fourth-order valence-electron chi connectivity index (χ4n) is 2.61. The number of nitrogens with one attached hydrogen (secondary N) is 2. The first-order valence-electron chi connectivity index (χ1n) is 8.24. The number of hydrogen-bond donors (Lipinski definition) is 2. The second kappa shape index (κ2) is 7.35. The molecule has 7 heteroatoms. The summed E-state index contributed by atoms with van der Waals surface area (Å²) < 4.78 is 18.7. The van der Waals surface area contributed by atoms with Crippen LogP contribution in [0.15, 0.2) is 41.1 Å². The molecule has 2 aromatic heterocycles. The van der Waals surface area contributed by atoms with E-state index in [-0.39, 0.29) is 22.9 Å². The number of nitrogens with zero attached hydrogens (tertiary/aromatic N) is 1. The summed E-state index contributed by atoms with van der Waals surface area (Å²) in [5.74, 6) is -0.738. The molecule has 2 heterocycles. The lowest BCUT2D eigenvalue weighted by atomic mass is 9.99. The summed E-state index contributed by atoms with van der Waals surface area (Å²) in [6, 6.07) is 7.27. The molecule has 0 aliphatic heterocycles. The Morgan fingerprint density at radius 3 is 2.85 bits per heavy atom. The van der Waals surface area contributed by atoms with Crippen LogP contribution in [0.25, 0.3) is 11.3 Å². The molecule has 0 saturated heterocycles. The van der Waals surface area contributed by atoms with E-state index < -0.39 is 5.82 Å². The highest BCUT2D eigenvalue weighted by Crippen LogP contribution is 2.28. The number of carbonyl (C=O) groups excluding carboxylic acids is 2. The summed E-state index contributed by atoms with van der Waals surface area (Å²) in [5, 5.41) is 6.64. The van der Waals surface area contributed by atoms with Crippen molar-refractivity contribution in [1.82, 2.24) is 15.5 Å². The number of benzene rings is 1. The smallest absolute Gasteiger partial charge is 0.267 e. The fraction of sp³-hybridized carbons (Fsp3) is 0.211. The van der Waals surface area contributed by atoms with E-state index >= 15 is 0 Å². The van der Waals surface area contributed by atoms with Gasteiger partial charge in [-0.15, -0.1) is 0 Å². The molecule has 2 N–H and O–H groups in total. The number of hydrogen-bond acceptors (Lipinski definition) is 4. The Morgan fingerprint density at radius 2 is 2.12 bits per heavy atom. The van der Waals surface area contributed by atoms with Gasteiger partial charge in [-0.2, -0.15) is 0 Å². The minimum atomic E-state index is -0.432. The molecular weight excluding hydrogens is 337 g/mol. The van der Waals surface area contributed by atoms with Crippen molar-refractivity contribution in [2.24, 2.45) is 0 Å². The van der Waals surface area contributed by atoms with E-state index in [4.69, 9.17) is 4.52 Å². The standard InChI is InChI=1S/C19H18FN3O3/c1-3-7-21-19(25)15-9-13(10-22-15)18(24)16-11(2)26-23-17(16)12-5-4-6-14(20)8-12/h4-6,8-10,22H,3,7H2,1-2H3,(H,21,25). The molecule has 0 atom stereocenters. The van der Waals surface area contributed by atoms with E-state index in [1.165, 1.54) is 30.5 Å². The number of carbonyl (C=O) groups is 2. The number of rotatable bonds is 6. The molecule has 0 spiro atoms. The van der Waals surface area contributed by atoms with E-state index in [9.17, 15) is 14.0 Å². The van der Waals surface area contributed by atoms with E-state index in [1.807, 2.05) is 6.92 Å². The van der Waals surface area contributed by atoms with Crippen molar-refractivity contribution in [2.45, 2.75) is 20.3 Å². The molecule has 0 saturated carbocycles. The maximum atomic E-state index is 13.5. The van der Waals surface area contributed by atoms with Crippen LogP contribution in [0.4, 0.5) is 4.39 Å². The topological polar surface area (TPSA) is 88.0 Å². The van der Waals surface area contributed by atoms with E-state index in [0.29, 0.717) is 29.1 Å². The Hall–Kier alpha value is -3.22. The molecule has 0 aliphatic carbocycles. The second-order valence-corrected chi connectivity index (χ2v) is 5.86. The Bertz CT molecular complexity index is 959. The Balaban J connectivity index is 1.93. The minimum Gasteiger partial charge on any atom is -0.360 e. The van der Waals surface area contributed by atoms with E-state index in [1.54, 1.807) is 13.0 Å². The van der Waals surface area contributed by atoms with Crippen LogP contribution in [-0.4, -0.2) is 28.4 Å². The van der Waals surface area contributed by atoms with Crippen LogP contribution in [0.1, 0.15) is 45.5 Å². The van der Waals surface area contributed by atoms with Crippen LogP contribution >= 0.6 is 0 Å². The number of aromatic amines is 1. The Labute approximate surface area is 149 Å². The quantitative estimate of drug-likeness (QED) is 0.663. The summed E-state index contributed by atoms with van der Waals surface area (Å²) in [7, 11) is 0. The summed E-state index contributed by atoms with van der Waals surface area (Å²) in [6.07, 6.45) is 2.28.